The Hall–Kier alpha value is -3.46. The highest BCUT2D eigenvalue weighted by atomic mass is 19.1. The molecule has 9 heteroatoms. The van der Waals surface area contributed by atoms with E-state index in [-0.39, 0.29) is 24.1 Å². The number of aryl methyl sites for hydroxylation is 1. The summed E-state index contributed by atoms with van der Waals surface area (Å²) in [7, 11) is 1.80. The Morgan fingerprint density at radius 2 is 1.92 bits per heavy atom. The van der Waals surface area contributed by atoms with Gasteiger partial charge >= 0.3 is 6.09 Å². The number of rotatable bonds is 5. The second kappa shape index (κ2) is 10.0. The molecule has 1 atom stereocenters. The van der Waals surface area contributed by atoms with Gasteiger partial charge < -0.3 is 19.6 Å². The normalized spacial score (nSPS) is 17.9. The number of amides is 2. The average molecular weight is 525 g/mol. The van der Waals surface area contributed by atoms with Crippen molar-refractivity contribution in [1.82, 2.24) is 19.6 Å². The van der Waals surface area contributed by atoms with Crippen molar-refractivity contribution < 1.29 is 23.8 Å². The topological polar surface area (TPSA) is 87.9 Å². The molecule has 0 radical (unpaired) electrons. The Morgan fingerprint density at radius 3 is 2.55 bits per heavy atom. The summed E-state index contributed by atoms with van der Waals surface area (Å²) < 4.78 is 21.7. The number of nitrogens with zero attached hydrogens (tertiary/aromatic N) is 4. The van der Waals surface area contributed by atoms with Gasteiger partial charge in [0.2, 0.25) is 0 Å². The van der Waals surface area contributed by atoms with Crippen LogP contribution >= 0.6 is 0 Å². The van der Waals surface area contributed by atoms with E-state index in [4.69, 9.17) is 4.74 Å². The first kappa shape index (κ1) is 27.6. The third kappa shape index (κ3) is 5.25. The number of fused-ring (bicyclic) bond motifs is 1. The van der Waals surface area contributed by atoms with Crippen molar-refractivity contribution in [2.75, 3.05) is 19.6 Å². The zero-order valence-electron chi connectivity index (χ0n) is 23.2. The third-order valence-corrected chi connectivity index (χ3v) is 7.03. The van der Waals surface area contributed by atoms with E-state index in [9.17, 15) is 19.1 Å². The molecule has 0 spiro atoms. The molecule has 8 nitrogen and oxygen atoms in total. The fraction of sp³-hybridized carbons (Fsp3) is 0.483. The molecule has 1 aliphatic rings. The molecule has 2 heterocycles. The Labute approximate surface area is 223 Å². The van der Waals surface area contributed by atoms with Gasteiger partial charge in [0.05, 0.1) is 23.8 Å². The number of benzene rings is 2. The van der Waals surface area contributed by atoms with Crippen LogP contribution in [0.3, 0.4) is 0 Å². The van der Waals surface area contributed by atoms with E-state index in [0.29, 0.717) is 36.2 Å². The van der Waals surface area contributed by atoms with Gasteiger partial charge in [-0.3, -0.25) is 9.48 Å². The maximum absolute atomic E-state index is 14.5. The number of carbonyl (C=O) groups is 2. The van der Waals surface area contributed by atoms with Gasteiger partial charge in [-0.1, -0.05) is 6.07 Å². The number of aromatic nitrogens is 2. The number of halogens is 1. The Balaban J connectivity index is 1.83. The van der Waals surface area contributed by atoms with Crippen molar-refractivity contribution in [1.29, 1.82) is 0 Å². The second-order valence-corrected chi connectivity index (χ2v) is 11.3. The molecule has 1 aliphatic heterocycles. The van der Waals surface area contributed by atoms with E-state index in [1.54, 1.807) is 49.7 Å². The number of hydrogen-bond acceptors (Lipinski definition) is 5. The fourth-order valence-corrected chi connectivity index (χ4v) is 5.08. The molecule has 2 amide bonds. The van der Waals surface area contributed by atoms with Gasteiger partial charge in [0, 0.05) is 31.6 Å². The molecular weight excluding hydrogens is 487 g/mol. The van der Waals surface area contributed by atoms with Crippen molar-refractivity contribution in [3.05, 3.63) is 53.5 Å². The molecule has 1 fully saturated rings. The lowest BCUT2D eigenvalue weighted by Gasteiger charge is -2.28. The first-order valence-corrected chi connectivity index (χ1v) is 13.0. The number of carbonyl (C=O) groups excluding carboxylic acids is 2. The SMILES string of the molecule is CCN(C(=O)c1cc(F)ccc1-c1cc(C2(O)CCN(C(=O)OC(C)(C)C)C2)cc2c1cnn2C)C(C)C. The molecule has 2 aromatic carbocycles. The maximum atomic E-state index is 14.5. The quantitative estimate of drug-likeness (QED) is 0.503. The van der Waals surface area contributed by atoms with Crippen LogP contribution in [-0.4, -0.2) is 68.0 Å². The van der Waals surface area contributed by atoms with Crippen molar-refractivity contribution >= 4 is 22.9 Å². The van der Waals surface area contributed by atoms with E-state index in [1.807, 2.05) is 32.9 Å². The lowest BCUT2D eigenvalue weighted by Crippen LogP contribution is -2.38. The van der Waals surface area contributed by atoms with Gasteiger partial charge in [-0.2, -0.15) is 5.10 Å². The van der Waals surface area contributed by atoms with E-state index in [0.717, 1.165) is 10.9 Å². The summed E-state index contributed by atoms with van der Waals surface area (Å²) in [4.78, 5) is 29.5. The van der Waals surface area contributed by atoms with Crippen molar-refractivity contribution in [2.45, 2.75) is 65.2 Å². The molecule has 0 saturated carbocycles. The molecule has 38 heavy (non-hydrogen) atoms. The van der Waals surface area contributed by atoms with Gasteiger partial charge in [0.25, 0.3) is 5.91 Å². The summed E-state index contributed by atoms with van der Waals surface area (Å²) in [5.41, 5.74) is 0.832. The number of hydrogen-bond donors (Lipinski definition) is 1. The Kier molecular flexibility index (Phi) is 7.27. The standard InChI is InChI=1S/C29H37FN4O4/c1-8-34(18(2)3)26(35)23-15-20(30)9-10-21(23)22-13-19(14-25-24(22)16-31-32(25)7)29(37)11-12-33(17-29)27(36)38-28(4,5)6/h9-10,13-16,18,37H,8,11-12,17H2,1-7H3. The molecule has 1 N–H and O–H groups in total. The van der Waals surface area contributed by atoms with Crippen LogP contribution in [0.1, 0.15) is 63.9 Å². The maximum Gasteiger partial charge on any atom is 0.410 e. The van der Waals surface area contributed by atoms with E-state index < -0.39 is 23.1 Å². The number of ether oxygens (including phenoxy) is 1. The lowest BCUT2D eigenvalue weighted by atomic mass is 9.87. The van der Waals surface area contributed by atoms with Gasteiger partial charge in [-0.05, 0) is 88.9 Å². The summed E-state index contributed by atoms with van der Waals surface area (Å²) in [5.74, 6) is -0.770. The molecular formula is C29H37FN4O4. The smallest absolute Gasteiger partial charge is 0.410 e. The van der Waals surface area contributed by atoms with E-state index >= 15 is 0 Å². The Bertz CT molecular complexity index is 1380. The van der Waals surface area contributed by atoms with Crippen LogP contribution in [0, 0.1) is 5.82 Å². The van der Waals surface area contributed by atoms with Crippen LogP contribution in [0.2, 0.25) is 0 Å². The first-order chi connectivity index (χ1) is 17.7. The molecule has 1 aromatic heterocycles. The predicted molar refractivity (Wildman–Crippen MR) is 144 cm³/mol. The largest absolute Gasteiger partial charge is 0.444 e. The molecule has 4 rings (SSSR count). The number of likely N-dealkylation sites (tertiary alicyclic amines) is 1. The van der Waals surface area contributed by atoms with E-state index in [2.05, 4.69) is 5.10 Å². The zero-order chi connectivity index (χ0) is 28.0. The van der Waals surface area contributed by atoms with Gasteiger partial charge in [-0.15, -0.1) is 0 Å². The number of aliphatic hydroxyl groups is 1. The van der Waals surface area contributed by atoms with Crippen molar-refractivity contribution in [2.24, 2.45) is 7.05 Å². The minimum absolute atomic E-state index is 0.0635. The highest BCUT2D eigenvalue weighted by molar-refractivity contribution is 6.05. The van der Waals surface area contributed by atoms with E-state index in [1.165, 1.54) is 17.0 Å². The first-order valence-electron chi connectivity index (χ1n) is 13.0. The monoisotopic (exact) mass is 524 g/mol. The van der Waals surface area contributed by atoms with Gasteiger partial charge in [0.1, 0.15) is 17.0 Å². The molecule has 1 unspecified atom stereocenters. The summed E-state index contributed by atoms with van der Waals surface area (Å²) in [5, 5.41) is 16.9. The fourth-order valence-electron chi connectivity index (χ4n) is 5.08. The summed E-state index contributed by atoms with van der Waals surface area (Å²) in [6.07, 6.45) is 1.55. The lowest BCUT2D eigenvalue weighted by molar-refractivity contribution is 0.0140. The summed E-state index contributed by atoms with van der Waals surface area (Å²) in [6, 6.07) is 7.84. The second-order valence-electron chi connectivity index (χ2n) is 11.3. The van der Waals surface area contributed by atoms with Crippen molar-refractivity contribution in [3.8, 4) is 11.1 Å². The van der Waals surface area contributed by atoms with Crippen LogP contribution in [0.15, 0.2) is 36.5 Å². The third-order valence-electron chi connectivity index (χ3n) is 7.03. The molecule has 0 bridgehead atoms. The van der Waals surface area contributed by atoms with Crippen LogP contribution in [0.4, 0.5) is 9.18 Å². The highest BCUT2D eigenvalue weighted by Gasteiger charge is 2.41. The minimum Gasteiger partial charge on any atom is -0.444 e. The van der Waals surface area contributed by atoms with Crippen molar-refractivity contribution in [3.63, 3.8) is 0 Å². The Morgan fingerprint density at radius 1 is 1.21 bits per heavy atom. The van der Waals surface area contributed by atoms with Crippen LogP contribution in [0.25, 0.3) is 22.0 Å². The summed E-state index contributed by atoms with van der Waals surface area (Å²) >= 11 is 0. The van der Waals surface area contributed by atoms with Gasteiger partial charge in [-0.25, -0.2) is 9.18 Å². The summed E-state index contributed by atoms with van der Waals surface area (Å²) in [6.45, 7) is 12.0. The molecule has 204 valence electrons. The predicted octanol–water partition coefficient (Wildman–Crippen LogP) is 5.08. The minimum atomic E-state index is -1.33. The average Bonchev–Trinajstić information content (AvgIpc) is 3.41. The van der Waals surface area contributed by atoms with Crippen LogP contribution in [0.5, 0.6) is 0 Å². The zero-order valence-corrected chi connectivity index (χ0v) is 23.2. The molecule has 3 aromatic rings. The van der Waals surface area contributed by atoms with Gasteiger partial charge in [0.15, 0.2) is 0 Å². The van der Waals surface area contributed by atoms with Crippen LogP contribution in [-0.2, 0) is 17.4 Å². The van der Waals surface area contributed by atoms with Crippen LogP contribution < -0.4 is 0 Å². The number of β-amino-alcohol motifs (C(OH)–C–C–N with tert-alkyl or cyclic N) is 1. The highest BCUT2D eigenvalue weighted by Crippen LogP contribution is 2.39. The molecule has 0 aliphatic carbocycles. The molecule has 1 saturated heterocycles.